The summed E-state index contributed by atoms with van der Waals surface area (Å²) in [4.78, 5) is 14.3. The number of sulfone groups is 1. The lowest BCUT2D eigenvalue weighted by Crippen LogP contribution is -2.39. The second-order valence-corrected chi connectivity index (χ2v) is 8.44. The highest BCUT2D eigenvalue weighted by Gasteiger charge is 2.34. The number of hydrogen-bond acceptors (Lipinski definition) is 5. The molecule has 3 rings (SSSR count). The van der Waals surface area contributed by atoms with Gasteiger partial charge in [-0.25, -0.2) is 8.42 Å². The van der Waals surface area contributed by atoms with Crippen molar-refractivity contribution in [2.75, 3.05) is 18.6 Å². The van der Waals surface area contributed by atoms with Crippen LogP contribution in [0.5, 0.6) is 5.75 Å². The summed E-state index contributed by atoms with van der Waals surface area (Å²) in [6, 6.07) is 10.5. The van der Waals surface area contributed by atoms with Gasteiger partial charge in [-0.15, -0.1) is 0 Å². The van der Waals surface area contributed by atoms with Crippen LogP contribution in [-0.4, -0.2) is 43.9 Å². The van der Waals surface area contributed by atoms with Crippen LogP contribution in [0.2, 0.25) is 0 Å². The Morgan fingerprint density at radius 2 is 2.08 bits per heavy atom. The van der Waals surface area contributed by atoms with E-state index in [0.29, 0.717) is 12.2 Å². The Kier molecular flexibility index (Phi) is 5.46. The Morgan fingerprint density at radius 3 is 2.65 bits per heavy atom. The summed E-state index contributed by atoms with van der Waals surface area (Å²) in [5.41, 5.74) is 0.858. The zero-order valence-corrected chi connectivity index (χ0v) is 15.3. The Hall–Kier alpha value is -2.54. The molecule has 0 bridgehead atoms. The summed E-state index contributed by atoms with van der Waals surface area (Å²) in [7, 11) is -1.50. The van der Waals surface area contributed by atoms with E-state index in [1.807, 2.05) is 24.3 Å². The Bertz CT molecular complexity index is 869. The highest BCUT2D eigenvalue weighted by molar-refractivity contribution is 7.91. The van der Waals surface area contributed by atoms with Gasteiger partial charge in [-0.1, -0.05) is 12.1 Å². The SMILES string of the molecule is COc1ccc(/C=C/C(=O)N(Cc2ccco2)[C@@H]2CCS(=O)(=O)C2)cc1. The molecule has 6 nitrogen and oxygen atoms in total. The van der Waals surface area contributed by atoms with Gasteiger partial charge in [0, 0.05) is 12.1 Å². The maximum absolute atomic E-state index is 12.7. The molecule has 1 amide bonds. The molecule has 0 radical (unpaired) electrons. The average molecular weight is 375 g/mol. The van der Waals surface area contributed by atoms with E-state index < -0.39 is 9.84 Å². The van der Waals surface area contributed by atoms with Crippen LogP contribution < -0.4 is 4.74 Å². The molecule has 2 aromatic rings. The second-order valence-electron chi connectivity index (χ2n) is 6.21. The Balaban J connectivity index is 1.76. The molecule has 1 atom stereocenters. The number of furan rings is 1. The molecule has 7 heteroatoms. The van der Waals surface area contributed by atoms with E-state index in [0.717, 1.165) is 11.3 Å². The van der Waals surface area contributed by atoms with Crippen LogP contribution in [0.4, 0.5) is 0 Å². The van der Waals surface area contributed by atoms with Crippen molar-refractivity contribution in [2.45, 2.75) is 19.0 Å². The molecular weight excluding hydrogens is 354 g/mol. The maximum atomic E-state index is 12.7. The summed E-state index contributed by atoms with van der Waals surface area (Å²) in [5.74, 6) is 1.24. The third-order valence-electron chi connectivity index (χ3n) is 4.37. The first kappa shape index (κ1) is 18.3. The van der Waals surface area contributed by atoms with Crippen molar-refractivity contribution in [1.82, 2.24) is 4.90 Å². The number of methoxy groups -OCH3 is 1. The van der Waals surface area contributed by atoms with Crippen LogP contribution in [0.15, 0.2) is 53.2 Å². The lowest BCUT2D eigenvalue weighted by atomic mass is 10.1. The van der Waals surface area contributed by atoms with Crippen molar-refractivity contribution >= 4 is 21.8 Å². The van der Waals surface area contributed by atoms with E-state index in [2.05, 4.69) is 0 Å². The highest BCUT2D eigenvalue weighted by atomic mass is 32.2. The largest absolute Gasteiger partial charge is 0.497 e. The standard InChI is InChI=1S/C19H21NO5S/c1-24-17-7-4-15(5-8-17)6-9-19(21)20(13-18-3-2-11-25-18)16-10-12-26(22,23)14-16/h2-9,11,16H,10,12-14H2,1H3/b9-6+/t16-/m1/s1. The molecule has 1 fully saturated rings. The first-order valence-electron chi connectivity index (χ1n) is 8.32. The van der Waals surface area contributed by atoms with Crippen LogP contribution in [0.1, 0.15) is 17.7 Å². The van der Waals surface area contributed by atoms with Crippen molar-refractivity contribution in [3.63, 3.8) is 0 Å². The first-order chi connectivity index (χ1) is 12.5. The molecule has 26 heavy (non-hydrogen) atoms. The predicted molar refractivity (Wildman–Crippen MR) is 98.3 cm³/mol. The zero-order valence-electron chi connectivity index (χ0n) is 14.5. The molecule has 0 N–H and O–H groups in total. The molecule has 0 aliphatic carbocycles. The highest BCUT2D eigenvalue weighted by Crippen LogP contribution is 2.21. The molecule has 138 valence electrons. The molecule has 0 unspecified atom stereocenters. The van der Waals surface area contributed by atoms with Crippen LogP contribution in [-0.2, 0) is 21.2 Å². The fourth-order valence-electron chi connectivity index (χ4n) is 2.96. The lowest BCUT2D eigenvalue weighted by molar-refractivity contribution is -0.128. The van der Waals surface area contributed by atoms with Gasteiger partial charge in [0.2, 0.25) is 5.91 Å². The van der Waals surface area contributed by atoms with Gasteiger partial charge in [0.1, 0.15) is 11.5 Å². The van der Waals surface area contributed by atoms with E-state index in [1.165, 1.54) is 12.3 Å². The van der Waals surface area contributed by atoms with Crippen LogP contribution >= 0.6 is 0 Å². The zero-order chi connectivity index (χ0) is 18.6. The number of carbonyl (C=O) groups excluding carboxylic acids is 1. The number of carbonyl (C=O) groups is 1. The fourth-order valence-corrected chi connectivity index (χ4v) is 4.69. The van der Waals surface area contributed by atoms with Crippen molar-refractivity contribution in [3.8, 4) is 5.75 Å². The molecule has 1 saturated heterocycles. The summed E-state index contributed by atoms with van der Waals surface area (Å²) >= 11 is 0. The van der Waals surface area contributed by atoms with Crippen LogP contribution in [0.3, 0.4) is 0 Å². The van der Waals surface area contributed by atoms with Crippen molar-refractivity contribution in [3.05, 3.63) is 60.1 Å². The summed E-state index contributed by atoms with van der Waals surface area (Å²) in [6.07, 6.45) is 5.16. The molecular formula is C19H21NO5S. The number of rotatable bonds is 6. The van der Waals surface area contributed by atoms with Gasteiger partial charge in [-0.2, -0.15) is 0 Å². The van der Waals surface area contributed by atoms with Gasteiger partial charge in [-0.3, -0.25) is 4.79 Å². The number of hydrogen-bond donors (Lipinski definition) is 0. The van der Waals surface area contributed by atoms with Crippen molar-refractivity contribution < 1.29 is 22.4 Å². The molecule has 1 aliphatic heterocycles. The summed E-state index contributed by atoms with van der Waals surface area (Å²) in [6.45, 7) is 0.249. The second kappa shape index (κ2) is 7.78. The molecule has 1 aromatic heterocycles. The van der Waals surface area contributed by atoms with Gasteiger partial charge in [0.15, 0.2) is 9.84 Å². The lowest BCUT2D eigenvalue weighted by Gasteiger charge is -2.26. The number of nitrogens with zero attached hydrogens (tertiary/aromatic N) is 1. The number of amides is 1. The first-order valence-corrected chi connectivity index (χ1v) is 10.1. The van der Waals surface area contributed by atoms with Gasteiger partial charge in [-0.05, 0) is 42.3 Å². The summed E-state index contributed by atoms with van der Waals surface area (Å²) in [5, 5.41) is 0. The normalized spacial score (nSPS) is 18.9. The Morgan fingerprint density at radius 1 is 1.31 bits per heavy atom. The molecule has 0 spiro atoms. The molecule has 1 aromatic carbocycles. The van der Waals surface area contributed by atoms with E-state index in [4.69, 9.17) is 9.15 Å². The maximum Gasteiger partial charge on any atom is 0.247 e. The molecule has 0 saturated carbocycles. The van der Waals surface area contributed by atoms with Gasteiger partial charge < -0.3 is 14.1 Å². The van der Waals surface area contributed by atoms with Crippen LogP contribution in [0, 0.1) is 0 Å². The number of ether oxygens (including phenoxy) is 1. The van der Waals surface area contributed by atoms with E-state index in [1.54, 1.807) is 30.2 Å². The molecule has 1 aliphatic rings. The third-order valence-corrected chi connectivity index (χ3v) is 6.12. The average Bonchev–Trinajstić information content (AvgIpc) is 3.27. The fraction of sp³-hybridized carbons (Fsp3) is 0.316. The van der Waals surface area contributed by atoms with Gasteiger partial charge in [0.25, 0.3) is 0 Å². The van der Waals surface area contributed by atoms with Crippen LogP contribution in [0.25, 0.3) is 6.08 Å². The monoisotopic (exact) mass is 375 g/mol. The summed E-state index contributed by atoms with van der Waals surface area (Å²) < 4.78 is 34.1. The van der Waals surface area contributed by atoms with E-state index in [-0.39, 0.29) is 30.0 Å². The van der Waals surface area contributed by atoms with Crippen molar-refractivity contribution in [2.24, 2.45) is 0 Å². The predicted octanol–water partition coefficient (Wildman–Crippen LogP) is 2.52. The number of benzene rings is 1. The Labute approximate surface area is 153 Å². The van der Waals surface area contributed by atoms with E-state index >= 15 is 0 Å². The van der Waals surface area contributed by atoms with E-state index in [9.17, 15) is 13.2 Å². The quantitative estimate of drug-likeness (QED) is 0.725. The van der Waals surface area contributed by atoms with Gasteiger partial charge >= 0.3 is 0 Å². The van der Waals surface area contributed by atoms with Crippen molar-refractivity contribution in [1.29, 1.82) is 0 Å². The minimum Gasteiger partial charge on any atom is -0.497 e. The topological polar surface area (TPSA) is 76.8 Å². The minimum atomic E-state index is -3.09. The third kappa shape index (κ3) is 4.54. The molecule has 2 heterocycles. The minimum absolute atomic E-state index is 0.00414. The van der Waals surface area contributed by atoms with Gasteiger partial charge in [0.05, 0.1) is 31.4 Å². The smallest absolute Gasteiger partial charge is 0.247 e.